The summed E-state index contributed by atoms with van der Waals surface area (Å²) in [6, 6.07) is 23.1. The number of carbonyl (C=O) groups excluding carboxylic acids is 4. The van der Waals surface area contributed by atoms with E-state index in [0.717, 1.165) is 98.0 Å². The van der Waals surface area contributed by atoms with Crippen molar-refractivity contribution < 1.29 is 19.2 Å². The molecule has 8 nitrogen and oxygen atoms in total. The molecule has 11 rings (SSSR count). The lowest BCUT2D eigenvalue weighted by Crippen LogP contribution is -2.41. The van der Waals surface area contributed by atoms with Crippen molar-refractivity contribution in [1.29, 1.82) is 0 Å². The standard InChI is InChI=1S/C54H40N4O4S2/c1-25-29(5)49(30(6)26(2)47(25)55-23-33-11-9-21-63-33)57-51(59)39-17-13-35-37-15-19-41-46-42(20-16-38(44(37)46)36-14-18-40(52(57)60)45(39)43(35)36)54(62)58(53(41)61)50-31(7)27(3)48(28(4)32(50)8)56-24-34-12-10-22-64-34/h9-24H,1-8H3. The summed E-state index contributed by atoms with van der Waals surface area (Å²) in [4.78, 5) is 73.7. The van der Waals surface area contributed by atoms with Gasteiger partial charge < -0.3 is 0 Å². The van der Waals surface area contributed by atoms with Gasteiger partial charge in [0.2, 0.25) is 0 Å². The Morgan fingerprint density at radius 2 is 0.688 bits per heavy atom. The molecule has 0 saturated heterocycles. The second kappa shape index (κ2) is 14.2. The van der Waals surface area contributed by atoms with Crippen molar-refractivity contribution in [3.63, 3.8) is 0 Å². The van der Waals surface area contributed by atoms with Crippen LogP contribution in [0.5, 0.6) is 0 Å². The molecule has 4 amide bonds. The maximum Gasteiger partial charge on any atom is 0.266 e. The highest BCUT2D eigenvalue weighted by Gasteiger charge is 2.40. The molecule has 0 saturated carbocycles. The van der Waals surface area contributed by atoms with Crippen LogP contribution in [0.3, 0.4) is 0 Å². The molecule has 0 N–H and O–H groups in total. The number of fused-ring (bicyclic) bond motifs is 2. The van der Waals surface area contributed by atoms with Gasteiger partial charge in [-0.05, 0) is 179 Å². The van der Waals surface area contributed by atoms with Crippen molar-refractivity contribution in [3.05, 3.63) is 160 Å². The molecular weight excluding hydrogens is 833 g/mol. The third-order valence-corrected chi connectivity index (χ3v) is 15.5. The Bertz CT molecular complexity index is 3250. The van der Waals surface area contributed by atoms with Crippen molar-refractivity contribution in [2.45, 2.75) is 55.4 Å². The Kier molecular flexibility index (Phi) is 8.80. The van der Waals surface area contributed by atoms with E-state index in [0.29, 0.717) is 44.4 Å². The number of thiophene rings is 2. The first-order chi connectivity index (χ1) is 30.8. The van der Waals surface area contributed by atoms with Crippen LogP contribution in [0.15, 0.2) is 93.5 Å². The second-order valence-corrected chi connectivity index (χ2v) is 18.9. The summed E-state index contributed by atoms with van der Waals surface area (Å²) in [6.07, 6.45) is 3.71. The molecule has 9 aromatic rings. The first-order valence-corrected chi connectivity index (χ1v) is 22.9. The van der Waals surface area contributed by atoms with Gasteiger partial charge >= 0.3 is 0 Å². The van der Waals surface area contributed by atoms with Crippen LogP contribution in [-0.2, 0) is 0 Å². The van der Waals surface area contributed by atoms with Crippen LogP contribution in [-0.4, -0.2) is 36.1 Å². The van der Waals surface area contributed by atoms with Gasteiger partial charge in [-0.1, -0.05) is 36.4 Å². The first-order valence-electron chi connectivity index (χ1n) is 21.1. The van der Waals surface area contributed by atoms with E-state index in [4.69, 9.17) is 9.98 Å². The molecule has 10 heteroatoms. The zero-order valence-electron chi connectivity index (χ0n) is 36.5. The summed E-state index contributed by atoms with van der Waals surface area (Å²) in [6.45, 7) is 15.7. The van der Waals surface area contributed by atoms with E-state index in [1.54, 1.807) is 22.7 Å². The van der Waals surface area contributed by atoms with Gasteiger partial charge in [-0.3, -0.25) is 29.2 Å². The highest BCUT2D eigenvalue weighted by Crippen LogP contribution is 2.49. The lowest BCUT2D eigenvalue weighted by molar-refractivity contribution is 0.0877. The van der Waals surface area contributed by atoms with Gasteiger partial charge in [0.25, 0.3) is 23.6 Å². The maximum absolute atomic E-state index is 14.8. The molecule has 0 atom stereocenters. The van der Waals surface area contributed by atoms with Crippen molar-refractivity contribution in [3.8, 4) is 0 Å². The summed E-state index contributed by atoms with van der Waals surface area (Å²) in [5.41, 5.74) is 11.5. The van der Waals surface area contributed by atoms with E-state index < -0.39 is 0 Å². The normalized spacial score (nSPS) is 14.2. The average molecular weight is 873 g/mol. The van der Waals surface area contributed by atoms with Gasteiger partial charge in [0.1, 0.15) is 0 Å². The lowest BCUT2D eigenvalue weighted by Gasteiger charge is -2.33. The third-order valence-electron chi connectivity index (χ3n) is 13.9. The van der Waals surface area contributed by atoms with Crippen LogP contribution >= 0.6 is 22.7 Å². The molecule has 2 aliphatic rings. The van der Waals surface area contributed by atoms with Crippen molar-refractivity contribution >= 4 is 125 Å². The van der Waals surface area contributed by atoms with E-state index in [-0.39, 0.29) is 23.6 Å². The second-order valence-electron chi connectivity index (χ2n) is 17.0. The molecule has 2 aliphatic heterocycles. The summed E-state index contributed by atoms with van der Waals surface area (Å²) < 4.78 is 0. The molecule has 0 fully saturated rings. The van der Waals surface area contributed by atoms with Crippen LogP contribution in [0.4, 0.5) is 22.7 Å². The molecule has 0 unspecified atom stereocenters. The van der Waals surface area contributed by atoms with Crippen LogP contribution in [0.1, 0.15) is 95.7 Å². The van der Waals surface area contributed by atoms with E-state index in [1.165, 1.54) is 9.80 Å². The van der Waals surface area contributed by atoms with Crippen molar-refractivity contribution in [1.82, 2.24) is 0 Å². The molecule has 0 bridgehead atoms. The fourth-order valence-electron chi connectivity index (χ4n) is 10.3. The Balaban J connectivity index is 1.04. The monoisotopic (exact) mass is 872 g/mol. The molecule has 0 spiro atoms. The Morgan fingerprint density at radius 3 is 0.953 bits per heavy atom. The van der Waals surface area contributed by atoms with Gasteiger partial charge in [-0.2, -0.15) is 0 Å². The molecule has 4 heterocycles. The van der Waals surface area contributed by atoms with Crippen LogP contribution < -0.4 is 9.80 Å². The number of carbonyl (C=O) groups is 4. The minimum absolute atomic E-state index is 0.383. The fourth-order valence-corrected chi connectivity index (χ4v) is 11.4. The Labute approximate surface area is 377 Å². The van der Waals surface area contributed by atoms with Gasteiger partial charge in [0.05, 0.1) is 22.7 Å². The molecule has 64 heavy (non-hydrogen) atoms. The number of imide groups is 2. The largest absolute Gasteiger partial charge is 0.268 e. The van der Waals surface area contributed by atoms with Crippen LogP contribution in [0.25, 0.3) is 43.1 Å². The topological polar surface area (TPSA) is 99.5 Å². The number of nitrogens with zero attached hydrogens (tertiary/aromatic N) is 4. The van der Waals surface area contributed by atoms with Gasteiger partial charge in [-0.15, -0.1) is 22.7 Å². The molecular formula is C54H40N4O4S2. The minimum atomic E-state index is -0.383. The number of rotatable bonds is 6. The quantitative estimate of drug-likeness (QED) is 0.0719. The number of aliphatic imine (C=N–C) groups is 2. The average Bonchev–Trinajstić information content (AvgIpc) is 4.03. The molecule has 312 valence electrons. The van der Waals surface area contributed by atoms with Gasteiger partial charge in [-0.25, -0.2) is 9.80 Å². The number of hydrogen-bond acceptors (Lipinski definition) is 8. The number of hydrogen-bond donors (Lipinski definition) is 0. The zero-order valence-corrected chi connectivity index (χ0v) is 38.1. The minimum Gasteiger partial charge on any atom is -0.268 e. The molecule has 7 aromatic carbocycles. The number of anilines is 2. The highest BCUT2D eigenvalue weighted by molar-refractivity contribution is 7.12. The Hall–Kier alpha value is -7.14. The van der Waals surface area contributed by atoms with Crippen LogP contribution in [0.2, 0.25) is 0 Å². The van der Waals surface area contributed by atoms with E-state index >= 15 is 0 Å². The molecule has 0 radical (unpaired) electrons. The fraction of sp³-hybridized carbons (Fsp3) is 0.148. The Morgan fingerprint density at radius 1 is 0.391 bits per heavy atom. The van der Waals surface area contributed by atoms with E-state index in [2.05, 4.69) is 0 Å². The van der Waals surface area contributed by atoms with Gasteiger partial charge in [0, 0.05) is 55.2 Å². The predicted octanol–water partition coefficient (Wildman–Crippen LogP) is 13.4. The molecule has 0 aliphatic carbocycles. The lowest BCUT2D eigenvalue weighted by atomic mass is 9.81. The first kappa shape index (κ1) is 39.7. The number of amides is 4. The summed E-state index contributed by atoms with van der Waals surface area (Å²) in [5.74, 6) is -1.53. The van der Waals surface area contributed by atoms with Gasteiger partial charge in [0.15, 0.2) is 0 Å². The smallest absolute Gasteiger partial charge is 0.266 e. The van der Waals surface area contributed by atoms with Crippen molar-refractivity contribution in [2.75, 3.05) is 9.80 Å². The van der Waals surface area contributed by atoms with Crippen LogP contribution in [0, 0.1) is 55.4 Å². The SMILES string of the molecule is Cc1c(C)c(N2C(=O)c3ccc4c5ccc6c7c(ccc(c8ccc(c3c48)C2=O)c75)C(=O)N(c2c(C)c(C)c(N=Cc3cccs3)c(C)c2C)C6=O)c(C)c(C)c1N=Cc1cccs1. The van der Waals surface area contributed by atoms with E-state index in [1.807, 2.05) is 151 Å². The summed E-state index contributed by atoms with van der Waals surface area (Å²) >= 11 is 3.22. The van der Waals surface area contributed by atoms with E-state index in [9.17, 15) is 19.2 Å². The summed E-state index contributed by atoms with van der Waals surface area (Å²) in [5, 5.41) is 10.2. The summed E-state index contributed by atoms with van der Waals surface area (Å²) in [7, 11) is 0. The highest BCUT2D eigenvalue weighted by atomic mass is 32.1. The molecule has 2 aromatic heterocycles. The van der Waals surface area contributed by atoms with Crippen molar-refractivity contribution in [2.24, 2.45) is 9.98 Å². The third kappa shape index (κ3) is 5.33. The maximum atomic E-state index is 14.8. The predicted molar refractivity (Wildman–Crippen MR) is 264 cm³/mol. The zero-order chi connectivity index (χ0) is 44.6. The number of benzene rings is 7.